The van der Waals surface area contributed by atoms with E-state index in [0.29, 0.717) is 10.9 Å². The Balaban J connectivity index is 2.12. The summed E-state index contributed by atoms with van der Waals surface area (Å²) in [5.41, 5.74) is 5.99. The molecule has 1 aliphatic rings. The summed E-state index contributed by atoms with van der Waals surface area (Å²) in [5.74, 6) is -0.721. The van der Waals surface area contributed by atoms with Gasteiger partial charge in [-0.25, -0.2) is 4.68 Å². The Morgan fingerprint density at radius 3 is 2.67 bits per heavy atom. The zero-order valence-electron chi connectivity index (χ0n) is 11.0. The molecule has 0 saturated carbocycles. The fraction of sp³-hybridized carbons (Fsp3) is 0.385. The standard InChI is InChI=1S/C13H15N3O5/c14-12(20)9-6-3-1-2-4-7(6)15-16(9)13-11(19)10(18)8(5-17)21-13/h1-4,8,10-11,13,17-19H,5H2,(H2,14,20)/t8-,10-,11-,13-/m1/s1. The summed E-state index contributed by atoms with van der Waals surface area (Å²) in [4.78, 5) is 11.7. The van der Waals surface area contributed by atoms with Crippen LogP contribution in [0, 0.1) is 0 Å². The molecule has 0 bridgehead atoms. The number of aliphatic hydroxyl groups excluding tert-OH is 3. The van der Waals surface area contributed by atoms with Crippen LogP contribution in [0.4, 0.5) is 0 Å². The molecule has 8 heteroatoms. The highest BCUT2D eigenvalue weighted by molar-refractivity contribution is 6.04. The number of hydrogen-bond donors (Lipinski definition) is 4. The van der Waals surface area contributed by atoms with Crippen LogP contribution >= 0.6 is 0 Å². The SMILES string of the molecule is NC(=O)c1c2ccccc2nn1[C@@H]1O[C@H](CO)[C@@H](O)[C@H]1O. The van der Waals surface area contributed by atoms with Crippen LogP contribution in [0.2, 0.25) is 0 Å². The lowest BCUT2D eigenvalue weighted by Crippen LogP contribution is -2.34. The quantitative estimate of drug-likeness (QED) is 0.559. The number of nitrogens with zero attached hydrogens (tertiary/aromatic N) is 2. The topological polar surface area (TPSA) is 131 Å². The van der Waals surface area contributed by atoms with Gasteiger partial charge in [0.15, 0.2) is 6.23 Å². The van der Waals surface area contributed by atoms with E-state index >= 15 is 0 Å². The lowest BCUT2D eigenvalue weighted by atomic mass is 10.1. The number of amides is 1. The number of carbonyl (C=O) groups excluding carboxylic acids is 1. The molecule has 1 aromatic carbocycles. The van der Waals surface area contributed by atoms with Crippen LogP contribution < -0.4 is 5.73 Å². The third-order valence-corrected chi connectivity index (χ3v) is 3.60. The van der Waals surface area contributed by atoms with Gasteiger partial charge in [0.25, 0.3) is 5.91 Å². The fourth-order valence-electron chi connectivity index (χ4n) is 2.56. The zero-order chi connectivity index (χ0) is 15.1. The predicted octanol–water partition coefficient (Wildman–Crippen LogP) is -1.25. The number of carbonyl (C=O) groups is 1. The van der Waals surface area contributed by atoms with Gasteiger partial charge in [-0.2, -0.15) is 5.10 Å². The van der Waals surface area contributed by atoms with Crippen molar-refractivity contribution in [3.8, 4) is 0 Å². The van der Waals surface area contributed by atoms with E-state index in [0.717, 1.165) is 4.68 Å². The van der Waals surface area contributed by atoms with Gasteiger partial charge in [0, 0.05) is 5.39 Å². The molecule has 2 aromatic rings. The first-order valence-electron chi connectivity index (χ1n) is 6.44. The van der Waals surface area contributed by atoms with Gasteiger partial charge in [0.2, 0.25) is 0 Å². The minimum absolute atomic E-state index is 0.0837. The second kappa shape index (κ2) is 5.08. The molecule has 112 valence electrons. The Morgan fingerprint density at radius 1 is 1.33 bits per heavy atom. The van der Waals surface area contributed by atoms with Crippen LogP contribution in [0.25, 0.3) is 10.9 Å². The number of nitrogens with two attached hydrogens (primary N) is 1. The molecule has 4 atom stereocenters. The first-order valence-corrected chi connectivity index (χ1v) is 6.44. The maximum absolute atomic E-state index is 11.7. The normalized spacial score (nSPS) is 29.1. The Morgan fingerprint density at radius 2 is 2.05 bits per heavy atom. The molecular weight excluding hydrogens is 278 g/mol. The molecule has 0 spiro atoms. The van der Waals surface area contributed by atoms with Crippen molar-refractivity contribution in [1.29, 1.82) is 0 Å². The average molecular weight is 293 g/mol. The van der Waals surface area contributed by atoms with Crippen molar-refractivity contribution in [2.24, 2.45) is 5.73 Å². The third-order valence-electron chi connectivity index (χ3n) is 3.60. The molecular formula is C13H15N3O5. The molecule has 8 nitrogen and oxygen atoms in total. The maximum atomic E-state index is 11.7. The summed E-state index contributed by atoms with van der Waals surface area (Å²) in [6.07, 6.45) is -4.63. The Bertz CT molecular complexity index is 685. The highest BCUT2D eigenvalue weighted by Crippen LogP contribution is 2.32. The van der Waals surface area contributed by atoms with Crippen molar-refractivity contribution >= 4 is 16.8 Å². The molecule has 0 radical (unpaired) electrons. The minimum Gasteiger partial charge on any atom is -0.394 e. The number of hydrogen-bond acceptors (Lipinski definition) is 6. The van der Waals surface area contributed by atoms with Gasteiger partial charge in [-0.3, -0.25) is 4.79 Å². The van der Waals surface area contributed by atoms with Crippen molar-refractivity contribution in [2.75, 3.05) is 6.61 Å². The Labute approximate surface area is 119 Å². The number of primary amides is 1. The smallest absolute Gasteiger partial charge is 0.267 e. The number of rotatable bonds is 3. The lowest BCUT2D eigenvalue weighted by molar-refractivity contribution is -0.0590. The summed E-state index contributed by atoms with van der Waals surface area (Å²) in [7, 11) is 0. The molecule has 21 heavy (non-hydrogen) atoms. The summed E-state index contributed by atoms with van der Waals surface area (Å²) in [5, 5.41) is 33.7. The van der Waals surface area contributed by atoms with E-state index in [2.05, 4.69) is 5.10 Å². The van der Waals surface area contributed by atoms with Gasteiger partial charge in [-0.1, -0.05) is 18.2 Å². The van der Waals surface area contributed by atoms with Crippen LogP contribution in [0.3, 0.4) is 0 Å². The van der Waals surface area contributed by atoms with E-state index in [-0.39, 0.29) is 5.69 Å². The number of aromatic nitrogens is 2. The van der Waals surface area contributed by atoms with E-state index in [4.69, 9.17) is 15.6 Å². The Kier molecular flexibility index (Phi) is 3.38. The van der Waals surface area contributed by atoms with Gasteiger partial charge in [0.1, 0.15) is 24.0 Å². The summed E-state index contributed by atoms with van der Waals surface area (Å²) in [6, 6.07) is 6.86. The first-order chi connectivity index (χ1) is 10.0. The second-order valence-electron chi connectivity index (χ2n) is 4.90. The van der Waals surface area contributed by atoms with Crippen molar-refractivity contribution in [2.45, 2.75) is 24.5 Å². The van der Waals surface area contributed by atoms with E-state index in [9.17, 15) is 15.0 Å². The summed E-state index contributed by atoms with van der Waals surface area (Å²) < 4.78 is 6.55. The van der Waals surface area contributed by atoms with Crippen LogP contribution in [-0.4, -0.2) is 55.9 Å². The van der Waals surface area contributed by atoms with E-state index in [1.807, 2.05) is 0 Å². The Hall–Kier alpha value is -2.00. The van der Waals surface area contributed by atoms with Crippen LogP contribution in [-0.2, 0) is 4.74 Å². The molecule has 0 unspecified atom stereocenters. The first kappa shape index (κ1) is 14.0. The molecule has 0 aliphatic carbocycles. The van der Waals surface area contributed by atoms with Crippen LogP contribution in [0.5, 0.6) is 0 Å². The van der Waals surface area contributed by atoms with Crippen molar-refractivity contribution < 1.29 is 24.9 Å². The average Bonchev–Trinajstić information content (AvgIpc) is 2.98. The summed E-state index contributed by atoms with van der Waals surface area (Å²) in [6.45, 7) is -0.457. The monoisotopic (exact) mass is 293 g/mol. The molecule has 5 N–H and O–H groups in total. The maximum Gasteiger partial charge on any atom is 0.267 e. The molecule has 3 rings (SSSR count). The molecule has 1 saturated heterocycles. The number of aliphatic hydroxyl groups is 3. The van der Waals surface area contributed by atoms with Crippen molar-refractivity contribution in [1.82, 2.24) is 9.78 Å². The van der Waals surface area contributed by atoms with Gasteiger partial charge < -0.3 is 25.8 Å². The molecule has 1 aliphatic heterocycles. The third kappa shape index (κ3) is 2.09. The van der Waals surface area contributed by atoms with E-state index in [1.165, 1.54) is 0 Å². The number of benzene rings is 1. The van der Waals surface area contributed by atoms with Gasteiger partial charge >= 0.3 is 0 Å². The molecule has 1 fully saturated rings. The summed E-state index contributed by atoms with van der Waals surface area (Å²) >= 11 is 0. The largest absolute Gasteiger partial charge is 0.394 e. The highest BCUT2D eigenvalue weighted by atomic mass is 16.6. The van der Waals surface area contributed by atoms with Crippen molar-refractivity contribution in [3.05, 3.63) is 30.0 Å². The van der Waals surface area contributed by atoms with Crippen LogP contribution in [0.15, 0.2) is 24.3 Å². The zero-order valence-corrected chi connectivity index (χ0v) is 11.0. The highest BCUT2D eigenvalue weighted by Gasteiger charge is 2.45. The predicted molar refractivity (Wildman–Crippen MR) is 71.3 cm³/mol. The molecule has 2 heterocycles. The van der Waals surface area contributed by atoms with E-state index < -0.39 is 37.1 Å². The fourth-order valence-corrected chi connectivity index (χ4v) is 2.56. The number of ether oxygens (including phenoxy) is 1. The second-order valence-corrected chi connectivity index (χ2v) is 4.90. The van der Waals surface area contributed by atoms with Crippen LogP contribution in [0.1, 0.15) is 16.7 Å². The van der Waals surface area contributed by atoms with Gasteiger partial charge in [-0.05, 0) is 6.07 Å². The molecule has 1 aromatic heterocycles. The lowest BCUT2D eigenvalue weighted by Gasteiger charge is -2.16. The van der Waals surface area contributed by atoms with Gasteiger partial charge in [0.05, 0.1) is 12.1 Å². The van der Waals surface area contributed by atoms with Gasteiger partial charge in [-0.15, -0.1) is 0 Å². The molecule has 1 amide bonds. The van der Waals surface area contributed by atoms with E-state index in [1.54, 1.807) is 24.3 Å². The van der Waals surface area contributed by atoms with Crippen molar-refractivity contribution in [3.63, 3.8) is 0 Å². The minimum atomic E-state index is -1.32. The number of fused-ring (bicyclic) bond motifs is 1.